The number of benzene rings is 1. The van der Waals surface area contributed by atoms with E-state index in [4.69, 9.17) is 5.11 Å². The van der Waals surface area contributed by atoms with Gasteiger partial charge >= 0.3 is 0 Å². The lowest BCUT2D eigenvalue weighted by atomic mass is 10.0. The third-order valence-electron chi connectivity index (χ3n) is 3.92. The van der Waals surface area contributed by atoms with Crippen LogP contribution in [0.15, 0.2) is 30.3 Å². The lowest BCUT2D eigenvalue weighted by Crippen LogP contribution is -2.49. The first-order valence-corrected chi connectivity index (χ1v) is 8.01. The predicted molar refractivity (Wildman–Crippen MR) is 88.0 cm³/mol. The molecule has 0 spiro atoms. The van der Waals surface area contributed by atoms with Gasteiger partial charge in [-0.25, -0.2) is 0 Å². The SMILES string of the molecule is CN(CCCCc1ccccc1)CC(O)C(O)C(O)C(O)CO. The number of likely N-dealkylation sites (N-methyl/N-ethyl adjacent to an activating group) is 1. The minimum absolute atomic E-state index is 0.182. The highest BCUT2D eigenvalue weighted by Gasteiger charge is 2.30. The molecular formula is C17H29NO5. The average molecular weight is 327 g/mol. The van der Waals surface area contributed by atoms with Gasteiger partial charge in [-0.3, -0.25) is 0 Å². The number of aliphatic hydroxyl groups is 5. The molecule has 1 aromatic rings. The smallest absolute Gasteiger partial charge is 0.111 e. The van der Waals surface area contributed by atoms with E-state index in [1.165, 1.54) is 5.56 Å². The van der Waals surface area contributed by atoms with Gasteiger partial charge in [0.1, 0.15) is 18.3 Å². The van der Waals surface area contributed by atoms with Crippen LogP contribution < -0.4 is 0 Å². The summed E-state index contributed by atoms with van der Waals surface area (Å²) in [5.41, 5.74) is 1.30. The van der Waals surface area contributed by atoms with Crippen molar-refractivity contribution in [1.82, 2.24) is 4.90 Å². The molecule has 0 fully saturated rings. The van der Waals surface area contributed by atoms with E-state index in [2.05, 4.69) is 12.1 Å². The maximum atomic E-state index is 9.89. The molecule has 6 nitrogen and oxygen atoms in total. The Kier molecular flexibility index (Phi) is 9.31. The molecule has 0 saturated carbocycles. The number of aliphatic hydroxyl groups excluding tert-OH is 5. The molecule has 0 bridgehead atoms. The van der Waals surface area contributed by atoms with E-state index in [1.54, 1.807) is 0 Å². The Balaban J connectivity index is 2.23. The van der Waals surface area contributed by atoms with Gasteiger partial charge in [0.15, 0.2) is 0 Å². The monoisotopic (exact) mass is 327 g/mol. The van der Waals surface area contributed by atoms with E-state index in [1.807, 2.05) is 30.1 Å². The zero-order valence-corrected chi connectivity index (χ0v) is 13.6. The Hall–Kier alpha value is -1.02. The molecule has 4 unspecified atom stereocenters. The summed E-state index contributed by atoms with van der Waals surface area (Å²) in [6.07, 6.45) is -2.73. The Bertz CT molecular complexity index is 417. The van der Waals surface area contributed by atoms with Gasteiger partial charge in [0.05, 0.1) is 12.7 Å². The summed E-state index contributed by atoms with van der Waals surface area (Å²) in [5.74, 6) is 0. The molecule has 0 radical (unpaired) electrons. The summed E-state index contributed by atoms with van der Waals surface area (Å²) in [4.78, 5) is 1.87. The van der Waals surface area contributed by atoms with Crippen LogP contribution in [0.3, 0.4) is 0 Å². The fourth-order valence-corrected chi connectivity index (χ4v) is 2.44. The number of rotatable bonds is 11. The van der Waals surface area contributed by atoms with E-state index in [9.17, 15) is 20.4 Å². The fraction of sp³-hybridized carbons (Fsp3) is 0.647. The summed E-state index contributed by atoms with van der Waals surface area (Å²) in [6, 6.07) is 10.2. The van der Waals surface area contributed by atoms with Crippen molar-refractivity contribution in [2.75, 3.05) is 26.7 Å². The van der Waals surface area contributed by atoms with Gasteiger partial charge in [-0.2, -0.15) is 0 Å². The van der Waals surface area contributed by atoms with Gasteiger partial charge < -0.3 is 30.4 Å². The Morgan fingerprint density at radius 3 is 2.13 bits per heavy atom. The molecule has 0 aromatic heterocycles. The third-order valence-corrected chi connectivity index (χ3v) is 3.92. The quantitative estimate of drug-likeness (QED) is 0.347. The highest BCUT2D eigenvalue weighted by Crippen LogP contribution is 2.08. The first-order chi connectivity index (χ1) is 11.0. The van der Waals surface area contributed by atoms with Crippen molar-refractivity contribution in [2.24, 2.45) is 0 Å². The van der Waals surface area contributed by atoms with Crippen molar-refractivity contribution < 1.29 is 25.5 Å². The molecule has 0 amide bonds. The van der Waals surface area contributed by atoms with Gasteiger partial charge in [-0.15, -0.1) is 0 Å². The van der Waals surface area contributed by atoms with E-state index in [0.29, 0.717) is 0 Å². The predicted octanol–water partition coefficient (Wildman–Crippen LogP) is -0.623. The lowest BCUT2D eigenvalue weighted by molar-refractivity contribution is -0.118. The standard InChI is InChI=1S/C17H29NO5/c1-18(10-6-5-9-13-7-3-2-4-8-13)11-14(20)16(22)17(23)15(21)12-19/h2-4,7-8,14-17,19-23H,5-6,9-12H2,1H3. The molecule has 132 valence electrons. The minimum atomic E-state index is -1.57. The molecule has 0 aliphatic heterocycles. The summed E-state index contributed by atoms with van der Waals surface area (Å²) < 4.78 is 0. The van der Waals surface area contributed by atoms with Crippen LogP contribution in [0.5, 0.6) is 0 Å². The largest absolute Gasteiger partial charge is 0.394 e. The third kappa shape index (κ3) is 7.39. The second-order valence-electron chi connectivity index (χ2n) is 6.00. The van der Waals surface area contributed by atoms with Crippen molar-refractivity contribution in [1.29, 1.82) is 0 Å². The fourth-order valence-electron chi connectivity index (χ4n) is 2.44. The van der Waals surface area contributed by atoms with Gasteiger partial charge in [0.25, 0.3) is 0 Å². The van der Waals surface area contributed by atoms with Crippen molar-refractivity contribution in [3.63, 3.8) is 0 Å². The summed E-state index contributed by atoms with van der Waals surface area (Å²) >= 11 is 0. The summed E-state index contributed by atoms with van der Waals surface area (Å²) in [5, 5.41) is 47.2. The van der Waals surface area contributed by atoms with E-state index in [-0.39, 0.29) is 6.54 Å². The summed E-state index contributed by atoms with van der Waals surface area (Å²) in [6.45, 7) is 0.275. The topological polar surface area (TPSA) is 104 Å². The van der Waals surface area contributed by atoms with E-state index >= 15 is 0 Å². The van der Waals surface area contributed by atoms with Crippen molar-refractivity contribution >= 4 is 0 Å². The van der Waals surface area contributed by atoms with Gasteiger partial charge in [0.2, 0.25) is 0 Å². The molecule has 0 heterocycles. The molecule has 0 aliphatic rings. The first-order valence-electron chi connectivity index (χ1n) is 8.01. The van der Waals surface area contributed by atoms with Crippen LogP contribution in [-0.4, -0.2) is 81.6 Å². The maximum Gasteiger partial charge on any atom is 0.111 e. The number of nitrogens with zero attached hydrogens (tertiary/aromatic N) is 1. The molecule has 5 N–H and O–H groups in total. The van der Waals surface area contributed by atoms with Crippen LogP contribution in [-0.2, 0) is 6.42 Å². The number of hydrogen-bond donors (Lipinski definition) is 5. The van der Waals surface area contributed by atoms with Crippen molar-refractivity contribution in [3.8, 4) is 0 Å². The van der Waals surface area contributed by atoms with Crippen LogP contribution in [0.25, 0.3) is 0 Å². The van der Waals surface area contributed by atoms with Gasteiger partial charge in [-0.05, 0) is 38.4 Å². The zero-order chi connectivity index (χ0) is 17.2. The normalized spacial score (nSPS) is 17.0. The Morgan fingerprint density at radius 2 is 1.52 bits per heavy atom. The summed E-state index contributed by atoms with van der Waals surface area (Å²) in [7, 11) is 1.83. The number of unbranched alkanes of at least 4 members (excludes halogenated alkanes) is 1. The molecule has 1 aromatic carbocycles. The highest BCUT2D eigenvalue weighted by molar-refractivity contribution is 5.14. The molecule has 1 rings (SSSR count). The van der Waals surface area contributed by atoms with Crippen LogP contribution in [0.4, 0.5) is 0 Å². The van der Waals surface area contributed by atoms with Crippen LogP contribution in [0.1, 0.15) is 18.4 Å². The Morgan fingerprint density at radius 1 is 0.913 bits per heavy atom. The number of hydrogen-bond acceptors (Lipinski definition) is 6. The lowest BCUT2D eigenvalue weighted by Gasteiger charge is -2.28. The Labute approximate surface area is 137 Å². The van der Waals surface area contributed by atoms with Crippen LogP contribution in [0.2, 0.25) is 0 Å². The molecule has 0 saturated heterocycles. The second kappa shape index (κ2) is 10.7. The average Bonchev–Trinajstić information content (AvgIpc) is 2.57. The van der Waals surface area contributed by atoms with Crippen molar-refractivity contribution in [3.05, 3.63) is 35.9 Å². The maximum absolute atomic E-state index is 9.89. The van der Waals surface area contributed by atoms with Gasteiger partial charge in [-0.1, -0.05) is 30.3 Å². The van der Waals surface area contributed by atoms with E-state index < -0.39 is 31.0 Å². The van der Waals surface area contributed by atoms with Crippen LogP contribution in [0, 0.1) is 0 Å². The highest BCUT2D eigenvalue weighted by atomic mass is 16.4. The van der Waals surface area contributed by atoms with Gasteiger partial charge in [0, 0.05) is 6.54 Å². The molecule has 4 atom stereocenters. The van der Waals surface area contributed by atoms with Crippen LogP contribution >= 0.6 is 0 Å². The zero-order valence-electron chi connectivity index (χ0n) is 13.6. The molecular weight excluding hydrogens is 298 g/mol. The second-order valence-corrected chi connectivity index (χ2v) is 6.00. The minimum Gasteiger partial charge on any atom is -0.394 e. The first kappa shape index (κ1) is 20.0. The van der Waals surface area contributed by atoms with E-state index in [0.717, 1.165) is 25.8 Å². The molecule has 0 aliphatic carbocycles. The number of aryl methyl sites for hydroxylation is 1. The van der Waals surface area contributed by atoms with Crippen molar-refractivity contribution in [2.45, 2.75) is 43.7 Å². The molecule has 6 heteroatoms. The molecule has 23 heavy (non-hydrogen) atoms.